The SMILES string of the molecule is Cn1nccc1[C@H]1OCC[C@@H]1NC(=O)c1cc(Cl)c[nH]1. The lowest BCUT2D eigenvalue weighted by Crippen LogP contribution is -2.37. The van der Waals surface area contributed by atoms with E-state index in [1.807, 2.05) is 13.1 Å². The number of nitrogens with one attached hydrogen (secondary N) is 2. The highest BCUT2D eigenvalue weighted by Gasteiger charge is 2.33. The predicted octanol–water partition coefficient (Wildman–Crippen LogP) is 1.66. The maximum atomic E-state index is 12.1. The summed E-state index contributed by atoms with van der Waals surface area (Å²) in [7, 11) is 1.86. The van der Waals surface area contributed by atoms with Crippen molar-refractivity contribution < 1.29 is 9.53 Å². The van der Waals surface area contributed by atoms with Crippen LogP contribution in [0.25, 0.3) is 0 Å². The zero-order valence-electron chi connectivity index (χ0n) is 11.0. The quantitative estimate of drug-likeness (QED) is 0.904. The summed E-state index contributed by atoms with van der Waals surface area (Å²) < 4.78 is 7.49. The number of amides is 1. The van der Waals surface area contributed by atoms with Crippen LogP contribution in [0.1, 0.15) is 28.7 Å². The van der Waals surface area contributed by atoms with Gasteiger partial charge >= 0.3 is 0 Å². The Morgan fingerprint density at radius 1 is 1.65 bits per heavy atom. The van der Waals surface area contributed by atoms with Crippen LogP contribution in [-0.2, 0) is 11.8 Å². The van der Waals surface area contributed by atoms with Gasteiger partial charge in [0.25, 0.3) is 5.91 Å². The smallest absolute Gasteiger partial charge is 0.268 e. The summed E-state index contributed by atoms with van der Waals surface area (Å²) in [6.45, 7) is 0.617. The highest BCUT2D eigenvalue weighted by Crippen LogP contribution is 2.28. The third-order valence-electron chi connectivity index (χ3n) is 3.45. The number of rotatable bonds is 3. The first-order valence-electron chi connectivity index (χ1n) is 6.39. The Labute approximate surface area is 121 Å². The number of hydrogen-bond donors (Lipinski definition) is 2. The van der Waals surface area contributed by atoms with Gasteiger partial charge in [-0.15, -0.1) is 0 Å². The first-order valence-corrected chi connectivity index (χ1v) is 6.77. The fraction of sp³-hybridized carbons (Fsp3) is 0.385. The maximum absolute atomic E-state index is 12.1. The van der Waals surface area contributed by atoms with E-state index in [4.69, 9.17) is 16.3 Å². The van der Waals surface area contributed by atoms with Gasteiger partial charge in [-0.3, -0.25) is 9.48 Å². The van der Waals surface area contributed by atoms with Gasteiger partial charge in [0, 0.05) is 26.0 Å². The standard InChI is InChI=1S/C13H15ClN4O2/c1-18-11(2-4-16-18)12-9(3-5-20-12)17-13(19)10-6-8(14)7-15-10/h2,4,6-7,9,12,15H,3,5H2,1H3,(H,17,19)/t9-,12-/m0/s1. The van der Waals surface area contributed by atoms with E-state index in [-0.39, 0.29) is 18.1 Å². The van der Waals surface area contributed by atoms with Crippen LogP contribution in [0.3, 0.4) is 0 Å². The number of halogens is 1. The number of aromatic amines is 1. The van der Waals surface area contributed by atoms with Crippen molar-refractivity contribution in [1.82, 2.24) is 20.1 Å². The van der Waals surface area contributed by atoms with Crippen LogP contribution < -0.4 is 5.32 Å². The van der Waals surface area contributed by atoms with Crippen molar-refractivity contribution in [2.45, 2.75) is 18.6 Å². The van der Waals surface area contributed by atoms with Gasteiger partial charge in [-0.2, -0.15) is 5.10 Å². The lowest BCUT2D eigenvalue weighted by atomic mass is 10.1. The molecule has 2 atom stereocenters. The number of carbonyl (C=O) groups excluding carboxylic acids is 1. The summed E-state index contributed by atoms with van der Waals surface area (Å²) in [6, 6.07) is 3.44. The van der Waals surface area contributed by atoms with E-state index < -0.39 is 0 Å². The molecule has 3 heterocycles. The van der Waals surface area contributed by atoms with Crippen LogP contribution in [0.15, 0.2) is 24.5 Å². The van der Waals surface area contributed by atoms with E-state index in [2.05, 4.69) is 15.4 Å². The van der Waals surface area contributed by atoms with E-state index in [0.717, 1.165) is 12.1 Å². The van der Waals surface area contributed by atoms with Crippen molar-refractivity contribution in [3.63, 3.8) is 0 Å². The molecule has 0 aromatic carbocycles. The van der Waals surface area contributed by atoms with Crippen LogP contribution in [-0.4, -0.2) is 33.3 Å². The number of H-pyrrole nitrogens is 1. The Hall–Kier alpha value is -1.79. The molecular weight excluding hydrogens is 280 g/mol. The first kappa shape index (κ1) is 13.2. The molecule has 0 radical (unpaired) electrons. The van der Waals surface area contributed by atoms with Crippen LogP contribution in [0.5, 0.6) is 0 Å². The number of nitrogens with zero attached hydrogens (tertiary/aromatic N) is 2. The number of carbonyl (C=O) groups is 1. The van der Waals surface area contributed by atoms with Crippen LogP contribution >= 0.6 is 11.6 Å². The normalized spacial score (nSPS) is 22.1. The average Bonchev–Trinajstić information content (AvgIpc) is 3.10. The lowest BCUT2D eigenvalue weighted by molar-refractivity contribution is 0.0790. The van der Waals surface area contributed by atoms with Crippen molar-refractivity contribution in [2.75, 3.05) is 6.61 Å². The van der Waals surface area contributed by atoms with Gasteiger partial charge in [0.05, 0.1) is 16.8 Å². The van der Waals surface area contributed by atoms with Gasteiger partial charge in [-0.1, -0.05) is 11.6 Å². The predicted molar refractivity (Wildman–Crippen MR) is 73.6 cm³/mol. The zero-order valence-corrected chi connectivity index (χ0v) is 11.7. The Morgan fingerprint density at radius 2 is 2.50 bits per heavy atom. The lowest BCUT2D eigenvalue weighted by Gasteiger charge is -2.19. The number of aromatic nitrogens is 3. The molecular formula is C13H15ClN4O2. The number of ether oxygens (including phenoxy) is 1. The largest absolute Gasteiger partial charge is 0.370 e. The molecule has 0 unspecified atom stereocenters. The molecule has 0 spiro atoms. The van der Waals surface area contributed by atoms with Gasteiger partial charge in [0.1, 0.15) is 11.8 Å². The molecule has 3 rings (SSSR count). The molecule has 0 saturated carbocycles. The minimum absolute atomic E-state index is 0.0695. The molecule has 1 fully saturated rings. The summed E-state index contributed by atoms with van der Waals surface area (Å²) in [6.07, 6.45) is 3.91. The maximum Gasteiger partial charge on any atom is 0.268 e. The highest BCUT2D eigenvalue weighted by atomic mass is 35.5. The minimum Gasteiger partial charge on any atom is -0.370 e. The summed E-state index contributed by atoms with van der Waals surface area (Å²) in [4.78, 5) is 15.0. The first-order chi connectivity index (χ1) is 9.65. The Morgan fingerprint density at radius 3 is 3.15 bits per heavy atom. The van der Waals surface area contributed by atoms with Gasteiger partial charge < -0.3 is 15.0 Å². The summed E-state index contributed by atoms with van der Waals surface area (Å²) in [5.74, 6) is -0.181. The zero-order chi connectivity index (χ0) is 14.1. The molecule has 2 aromatic heterocycles. The molecule has 1 aliphatic rings. The second kappa shape index (κ2) is 5.30. The monoisotopic (exact) mass is 294 g/mol. The van der Waals surface area contributed by atoms with E-state index in [0.29, 0.717) is 17.3 Å². The van der Waals surface area contributed by atoms with Crippen LogP contribution in [0, 0.1) is 0 Å². The van der Waals surface area contributed by atoms with E-state index in [1.54, 1.807) is 23.1 Å². The third-order valence-corrected chi connectivity index (χ3v) is 3.67. The fourth-order valence-electron chi connectivity index (χ4n) is 2.44. The van der Waals surface area contributed by atoms with Crippen molar-refractivity contribution >= 4 is 17.5 Å². The van der Waals surface area contributed by atoms with Gasteiger partial charge in [-0.05, 0) is 18.6 Å². The molecule has 0 bridgehead atoms. The van der Waals surface area contributed by atoms with Gasteiger partial charge in [0.2, 0.25) is 0 Å². The fourth-order valence-corrected chi connectivity index (χ4v) is 2.60. The minimum atomic E-state index is -0.181. The molecule has 1 amide bonds. The molecule has 2 aromatic rings. The van der Waals surface area contributed by atoms with Gasteiger partial charge in [-0.25, -0.2) is 0 Å². The van der Waals surface area contributed by atoms with Crippen molar-refractivity contribution in [3.8, 4) is 0 Å². The van der Waals surface area contributed by atoms with Crippen LogP contribution in [0.4, 0.5) is 0 Å². The number of hydrogen-bond acceptors (Lipinski definition) is 3. The van der Waals surface area contributed by atoms with E-state index in [1.165, 1.54) is 0 Å². The molecule has 0 aliphatic carbocycles. The highest BCUT2D eigenvalue weighted by molar-refractivity contribution is 6.30. The summed E-state index contributed by atoms with van der Waals surface area (Å²) >= 11 is 5.80. The molecule has 7 heteroatoms. The summed E-state index contributed by atoms with van der Waals surface area (Å²) in [5, 5.41) is 7.63. The Balaban J connectivity index is 1.73. The molecule has 2 N–H and O–H groups in total. The van der Waals surface area contributed by atoms with Crippen molar-refractivity contribution in [1.29, 1.82) is 0 Å². The van der Waals surface area contributed by atoms with Crippen molar-refractivity contribution in [3.05, 3.63) is 40.9 Å². The molecule has 1 aliphatic heterocycles. The second-order valence-electron chi connectivity index (χ2n) is 4.77. The Bertz CT molecular complexity index is 621. The second-order valence-corrected chi connectivity index (χ2v) is 5.21. The summed E-state index contributed by atoms with van der Waals surface area (Å²) in [5.41, 5.74) is 1.41. The van der Waals surface area contributed by atoms with Crippen molar-refractivity contribution in [2.24, 2.45) is 7.05 Å². The van der Waals surface area contributed by atoms with Crippen LogP contribution in [0.2, 0.25) is 5.02 Å². The molecule has 20 heavy (non-hydrogen) atoms. The number of aryl methyl sites for hydroxylation is 1. The molecule has 1 saturated heterocycles. The Kier molecular flexibility index (Phi) is 3.50. The molecule has 106 valence electrons. The van der Waals surface area contributed by atoms with Gasteiger partial charge in [0.15, 0.2) is 0 Å². The topological polar surface area (TPSA) is 71.9 Å². The van der Waals surface area contributed by atoms with E-state index in [9.17, 15) is 4.79 Å². The third kappa shape index (κ3) is 2.44. The van der Waals surface area contributed by atoms with E-state index >= 15 is 0 Å². The molecule has 6 nitrogen and oxygen atoms in total. The average molecular weight is 295 g/mol.